The Kier molecular flexibility index (Phi) is 5.02. The Morgan fingerprint density at radius 1 is 1.10 bits per heavy atom. The number of para-hydroxylation sites is 1. The zero-order chi connectivity index (χ0) is 21.4. The summed E-state index contributed by atoms with van der Waals surface area (Å²) < 4.78 is 10.6. The van der Waals surface area contributed by atoms with Crippen molar-refractivity contribution in [2.45, 2.75) is 32.3 Å². The van der Waals surface area contributed by atoms with Crippen LogP contribution in [-0.2, 0) is 20.7 Å². The van der Waals surface area contributed by atoms with Crippen LogP contribution < -0.4 is 0 Å². The topological polar surface area (TPSA) is 65.5 Å². The third-order valence-corrected chi connectivity index (χ3v) is 5.90. The Hall–Kier alpha value is -3.47. The summed E-state index contributed by atoms with van der Waals surface area (Å²) >= 11 is 0. The van der Waals surface area contributed by atoms with Gasteiger partial charge in [-0.3, -0.25) is 0 Å². The van der Waals surface area contributed by atoms with Gasteiger partial charge in [0.25, 0.3) is 0 Å². The molecule has 1 aliphatic carbocycles. The predicted molar refractivity (Wildman–Crippen MR) is 118 cm³/mol. The number of pyridine rings is 1. The second kappa shape index (κ2) is 7.99. The molecular formula is C26H23NO4. The molecule has 2 aliphatic rings. The molecule has 31 heavy (non-hydrogen) atoms. The number of benzene rings is 2. The van der Waals surface area contributed by atoms with Gasteiger partial charge in [-0.05, 0) is 47.6 Å². The highest BCUT2D eigenvalue weighted by Crippen LogP contribution is 2.39. The first-order valence-corrected chi connectivity index (χ1v) is 10.7. The first-order valence-electron chi connectivity index (χ1n) is 10.7. The van der Waals surface area contributed by atoms with Gasteiger partial charge in [-0.25, -0.2) is 14.6 Å². The number of rotatable bonds is 3. The molecule has 0 N–H and O–H groups in total. The normalized spacial score (nSPS) is 21.7. The molecule has 5 heteroatoms. The molecule has 0 spiro atoms. The van der Waals surface area contributed by atoms with Gasteiger partial charge in [0.1, 0.15) is 0 Å². The van der Waals surface area contributed by atoms with Crippen molar-refractivity contribution in [2.24, 2.45) is 5.92 Å². The summed E-state index contributed by atoms with van der Waals surface area (Å²) in [6.45, 7) is 2.47. The lowest BCUT2D eigenvalue weighted by molar-refractivity contribution is -0.145. The second-order valence-corrected chi connectivity index (χ2v) is 8.27. The van der Waals surface area contributed by atoms with Gasteiger partial charge in [-0.2, -0.15) is 0 Å². The SMILES string of the molecule is C[C@@H]1C/C(=C\c2ccccc2)c2nc3ccccc3c(C(=O)O[C@H]3CCOC3=O)c2C1. The molecule has 2 atom stereocenters. The van der Waals surface area contributed by atoms with Crippen LogP contribution in [0.25, 0.3) is 22.6 Å². The molecule has 0 amide bonds. The Balaban J connectivity index is 1.67. The van der Waals surface area contributed by atoms with Crippen molar-refractivity contribution >= 4 is 34.5 Å². The number of cyclic esters (lactones) is 1. The molecule has 1 aliphatic heterocycles. The molecule has 0 unspecified atom stereocenters. The summed E-state index contributed by atoms with van der Waals surface area (Å²) in [4.78, 5) is 30.2. The van der Waals surface area contributed by atoms with Crippen LogP contribution in [-0.4, -0.2) is 29.6 Å². The van der Waals surface area contributed by atoms with E-state index in [1.54, 1.807) is 0 Å². The highest BCUT2D eigenvalue weighted by molar-refractivity contribution is 6.07. The van der Waals surface area contributed by atoms with Crippen molar-refractivity contribution in [3.05, 3.63) is 77.0 Å². The van der Waals surface area contributed by atoms with E-state index in [-0.39, 0.29) is 6.61 Å². The smallest absolute Gasteiger partial charge is 0.347 e. The lowest BCUT2D eigenvalue weighted by atomic mass is 9.80. The number of nitrogens with zero attached hydrogens (tertiary/aromatic N) is 1. The van der Waals surface area contributed by atoms with Gasteiger partial charge < -0.3 is 9.47 Å². The highest BCUT2D eigenvalue weighted by atomic mass is 16.6. The van der Waals surface area contributed by atoms with Crippen molar-refractivity contribution in [2.75, 3.05) is 6.61 Å². The van der Waals surface area contributed by atoms with Crippen LogP contribution in [0.5, 0.6) is 0 Å². The summed E-state index contributed by atoms with van der Waals surface area (Å²) in [7, 11) is 0. The Labute approximate surface area is 180 Å². The van der Waals surface area contributed by atoms with Crippen LogP contribution in [0.4, 0.5) is 0 Å². The molecule has 2 aromatic carbocycles. The minimum absolute atomic E-state index is 0.285. The van der Waals surface area contributed by atoms with Crippen LogP contribution in [0.2, 0.25) is 0 Å². The van der Waals surface area contributed by atoms with Crippen LogP contribution >= 0.6 is 0 Å². The standard InChI is InChI=1S/C26H23NO4/c1-16-13-18(15-17-7-3-2-4-8-17)24-20(14-16)23(19-9-5-6-10-21(19)27-24)26(29)31-22-11-12-30-25(22)28/h2-10,15-16,22H,11-14H2,1H3/b18-15+/t16-,22+/m1/s1. The average molecular weight is 413 g/mol. The minimum atomic E-state index is -0.838. The maximum Gasteiger partial charge on any atom is 0.347 e. The molecule has 1 fully saturated rings. The Bertz CT molecular complexity index is 1200. The minimum Gasteiger partial charge on any atom is -0.463 e. The maximum absolute atomic E-state index is 13.3. The van der Waals surface area contributed by atoms with Crippen molar-refractivity contribution < 1.29 is 19.1 Å². The van der Waals surface area contributed by atoms with Gasteiger partial charge in [0.05, 0.1) is 23.4 Å². The Morgan fingerprint density at radius 2 is 1.87 bits per heavy atom. The number of hydrogen-bond donors (Lipinski definition) is 0. The molecule has 0 bridgehead atoms. The first kappa shape index (κ1) is 19.5. The molecule has 1 saturated heterocycles. The van der Waals surface area contributed by atoms with Crippen LogP contribution in [0.1, 0.15) is 46.9 Å². The summed E-state index contributed by atoms with van der Waals surface area (Å²) in [5.41, 5.74) is 5.23. The van der Waals surface area contributed by atoms with E-state index in [9.17, 15) is 9.59 Å². The van der Waals surface area contributed by atoms with Crippen molar-refractivity contribution in [3.63, 3.8) is 0 Å². The zero-order valence-electron chi connectivity index (χ0n) is 17.3. The van der Waals surface area contributed by atoms with E-state index >= 15 is 0 Å². The molecule has 2 heterocycles. The van der Waals surface area contributed by atoms with E-state index < -0.39 is 18.0 Å². The van der Waals surface area contributed by atoms with Gasteiger partial charge in [0.15, 0.2) is 0 Å². The van der Waals surface area contributed by atoms with Crippen molar-refractivity contribution in [1.82, 2.24) is 4.98 Å². The third-order valence-electron chi connectivity index (χ3n) is 5.90. The average Bonchev–Trinajstić information content (AvgIpc) is 3.17. The number of aromatic nitrogens is 1. The monoisotopic (exact) mass is 413 g/mol. The summed E-state index contributed by atoms with van der Waals surface area (Å²) in [6, 6.07) is 17.8. The van der Waals surface area contributed by atoms with Crippen molar-refractivity contribution in [3.8, 4) is 0 Å². The predicted octanol–water partition coefficient (Wildman–Crippen LogP) is 4.83. The van der Waals surface area contributed by atoms with E-state index in [1.165, 1.54) is 0 Å². The fourth-order valence-corrected chi connectivity index (χ4v) is 4.49. The maximum atomic E-state index is 13.3. The van der Waals surface area contributed by atoms with Crippen LogP contribution in [0.15, 0.2) is 54.6 Å². The van der Waals surface area contributed by atoms with E-state index in [1.807, 2.05) is 42.5 Å². The number of esters is 2. The van der Waals surface area contributed by atoms with Gasteiger partial charge in [0.2, 0.25) is 6.10 Å². The summed E-state index contributed by atoms with van der Waals surface area (Å²) in [5.74, 6) is -0.598. The third kappa shape index (κ3) is 3.72. The Morgan fingerprint density at radius 3 is 2.65 bits per heavy atom. The fourth-order valence-electron chi connectivity index (χ4n) is 4.49. The second-order valence-electron chi connectivity index (χ2n) is 8.27. The highest BCUT2D eigenvalue weighted by Gasteiger charge is 2.34. The largest absolute Gasteiger partial charge is 0.463 e. The molecule has 5 rings (SSSR count). The number of carbonyl (C=O) groups excluding carboxylic acids is 2. The quantitative estimate of drug-likeness (QED) is 0.576. The number of fused-ring (bicyclic) bond motifs is 2. The lowest BCUT2D eigenvalue weighted by Gasteiger charge is -2.26. The van der Waals surface area contributed by atoms with E-state index in [4.69, 9.17) is 14.5 Å². The van der Waals surface area contributed by atoms with Gasteiger partial charge in [-0.1, -0.05) is 55.5 Å². The van der Waals surface area contributed by atoms with Gasteiger partial charge >= 0.3 is 11.9 Å². The fraction of sp³-hybridized carbons (Fsp3) is 0.269. The molecule has 156 valence electrons. The van der Waals surface area contributed by atoms with Crippen LogP contribution in [0.3, 0.4) is 0 Å². The summed E-state index contributed by atoms with van der Waals surface area (Å²) in [6.07, 6.45) is 3.33. The van der Waals surface area contributed by atoms with E-state index in [0.29, 0.717) is 17.9 Å². The van der Waals surface area contributed by atoms with Crippen LogP contribution in [0, 0.1) is 5.92 Å². The number of hydrogen-bond acceptors (Lipinski definition) is 5. The van der Waals surface area contributed by atoms with E-state index in [0.717, 1.165) is 46.1 Å². The zero-order valence-corrected chi connectivity index (χ0v) is 17.3. The molecule has 0 radical (unpaired) electrons. The van der Waals surface area contributed by atoms with Gasteiger partial charge in [0, 0.05) is 11.8 Å². The molecule has 3 aromatic rings. The van der Waals surface area contributed by atoms with E-state index in [2.05, 4.69) is 25.1 Å². The first-order chi connectivity index (χ1) is 15.1. The molecular weight excluding hydrogens is 390 g/mol. The lowest BCUT2D eigenvalue weighted by Crippen LogP contribution is -2.25. The summed E-state index contributed by atoms with van der Waals surface area (Å²) in [5, 5.41) is 0.755. The molecule has 0 saturated carbocycles. The molecule has 5 nitrogen and oxygen atoms in total. The number of allylic oxidation sites excluding steroid dienone is 1. The molecule has 1 aromatic heterocycles. The number of carbonyl (C=O) groups is 2. The van der Waals surface area contributed by atoms with Crippen molar-refractivity contribution in [1.29, 1.82) is 0 Å². The number of ether oxygens (including phenoxy) is 2. The van der Waals surface area contributed by atoms with Gasteiger partial charge in [-0.15, -0.1) is 0 Å².